The highest BCUT2D eigenvalue weighted by Crippen LogP contribution is 2.36. The second kappa shape index (κ2) is 7.07. The molecule has 1 fully saturated rings. The highest BCUT2D eigenvalue weighted by molar-refractivity contribution is 6.34. The Bertz CT molecular complexity index is 1030. The third-order valence-corrected chi connectivity index (χ3v) is 4.94. The first-order valence-corrected chi connectivity index (χ1v) is 8.73. The summed E-state index contributed by atoms with van der Waals surface area (Å²) in [5.74, 6) is -2.93. The average Bonchev–Trinajstić information content (AvgIpc) is 2.88. The number of aryl methyl sites for hydroxylation is 2. The molecule has 2 N–H and O–H groups in total. The molecule has 1 aliphatic rings. The highest BCUT2D eigenvalue weighted by Gasteiger charge is 2.69. The summed E-state index contributed by atoms with van der Waals surface area (Å²) in [7, 11) is 0. The van der Waals surface area contributed by atoms with Gasteiger partial charge in [0.15, 0.2) is 0 Å². The number of halogens is 4. The van der Waals surface area contributed by atoms with Crippen molar-refractivity contribution in [3.05, 3.63) is 64.2 Å². The van der Waals surface area contributed by atoms with Gasteiger partial charge in [-0.3, -0.25) is 14.9 Å². The summed E-state index contributed by atoms with van der Waals surface area (Å²) in [6.45, 7) is 3.46. The molecule has 0 aliphatic carbocycles. The third-order valence-electron chi connectivity index (χ3n) is 4.61. The molecule has 152 valence electrons. The van der Waals surface area contributed by atoms with Gasteiger partial charge in [-0.15, -0.1) is 0 Å². The normalized spacial score (nSPS) is 19.3. The predicted octanol–water partition coefficient (Wildman–Crippen LogP) is 3.70. The summed E-state index contributed by atoms with van der Waals surface area (Å²) in [5.41, 5.74) is -2.44. The van der Waals surface area contributed by atoms with Crippen molar-refractivity contribution in [1.29, 1.82) is 0 Å². The molecule has 1 unspecified atom stereocenters. The number of nitrogens with one attached hydrogen (secondary N) is 2. The van der Waals surface area contributed by atoms with Crippen LogP contribution < -0.4 is 15.5 Å². The molecule has 0 saturated carbocycles. The zero-order valence-electron chi connectivity index (χ0n) is 15.2. The van der Waals surface area contributed by atoms with Crippen molar-refractivity contribution >= 4 is 35.1 Å². The molecule has 0 bridgehead atoms. The molecular formula is C19H15ClF3N3O3. The maximum Gasteiger partial charge on any atom is 0.440 e. The van der Waals surface area contributed by atoms with Crippen LogP contribution in [-0.4, -0.2) is 29.7 Å². The number of urea groups is 1. The lowest BCUT2D eigenvalue weighted by atomic mass is 10.1. The first kappa shape index (κ1) is 20.7. The van der Waals surface area contributed by atoms with Gasteiger partial charge in [-0.1, -0.05) is 29.8 Å². The quantitative estimate of drug-likeness (QED) is 0.736. The maximum atomic E-state index is 13.9. The van der Waals surface area contributed by atoms with E-state index in [0.717, 1.165) is 5.56 Å². The second-order valence-electron chi connectivity index (χ2n) is 6.52. The first-order chi connectivity index (χ1) is 13.5. The zero-order valence-corrected chi connectivity index (χ0v) is 16.0. The number of carbonyl (C=O) groups is 3. The minimum atomic E-state index is -5.31. The van der Waals surface area contributed by atoms with E-state index in [1.807, 2.05) is 0 Å². The van der Waals surface area contributed by atoms with E-state index in [4.69, 9.17) is 11.6 Å². The van der Waals surface area contributed by atoms with Crippen molar-refractivity contribution in [3.8, 4) is 0 Å². The van der Waals surface area contributed by atoms with E-state index in [2.05, 4.69) is 0 Å². The van der Waals surface area contributed by atoms with E-state index in [0.29, 0.717) is 10.5 Å². The predicted molar refractivity (Wildman–Crippen MR) is 99.6 cm³/mol. The van der Waals surface area contributed by atoms with Crippen LogP contribution in [0.1, 0.15) is 21.5 Å². The lowest BCUT2D eigenvalue weighted by Gasteiger charge is -2.30. The number of alkyl halides is 3. The minimum Gasteiger partial charge on any atom is -0.314 e. The molecule has 1 heterocycles. The topological polar surface area (TPSA) is 78.5 Å². The van der Waals surface area contributed by atoms with Gasteiger partial charge in [0.1, 0.15) is 0 Å². The Morgan fingerprint density at radius 3 is 2.34 bits per heavy atom. The number of amides is 4. The first-order valence-electron chi connectivity index (χ1n) is 8.35. The molecule has 2 aromatic carbocycles. The number of nitrogens with zero attached hydrogens (tertiary/aromatic N) is 1. The fraction of sp³-hybridized carbons (Fsp3) is 0.211. The van der Waals surface area contributed by atoms with Crippen molar-refractivity contribution < 1.29 is 27.6 Å². The summed E-state index contributed by atoms with van der Waals surface area (Å²) in [6, 6.07) is 8.42. The van der Waals surface area contributed by atoms with Gasteiger partial charge in [0.05, 0.1) is 16.3 Å². The van der Waals surface area contributed by atoms with Crippen LogP contribution in [0.4, 0.5) is 23.7 Å². The molecule has 0 aromatic heterocycles. The van der Waals surface area contributed by atoms with Crippen LogP contribution in [0.25, 0.3) is 0 Å². The summed E-state index contributed by atoms with van der Waals surface area (Å²) < 4.78 is 41.8. The number of hydrogen-bond acceptors (Lipinski definition) is 3. The van der Waals surface area contributed by atoms with E-state index < -0.39 is 29.7 Å². The van der Waals surface area contributed by atoms with Gasteiger partial charge in [-0.25, -0.2) is 9.69 Å². The van der Waals surface area contributed by atoms with Gasteiger partial charge in [0.25, 0.3) is 17.5 Å². The van der Waals surface area contributed by atoms with E-state index in [-0.39, 0.29) is 16.3 Å². The average molecular weight is 426 g/mol. The number of anilines is 1. The summed E-state index contributed by atoms with van der Waals surface area (Å²) in [6.07, 6.45) is -5.31. The molecule has 4 amide bonds. The molecule has 0 spiro atoms. The summed E-state index contributed by atoms with van der Waals surface area (Å²) >= 11 is 5.86. The Hall–Kier alpha value is -3.07. The molecule has 3 rings (SSSR count). The second-order valence-corrected chi connectivity index (χ2v) is 6.93. The van der Waals surface area contributed by atoms with Gasteiger partial charge in [-0.2, -0.15) is 13.2 Å². The Morgan fingerprint density at radius 1 is 1.10 bits per heavy atom. The standard InChI is InChI=1S/C19H15ClF3N3O3/c1-10-7-8-12(9-11(10)2)26-16(28)18(19(21,22)23,25-17(26)29)24-15(27)13-5-3-4-6-14(13)20/h3-9H,1-2H3,(H,24,27)(H,25,29). The number of rotatable bonds is 3. The molecular weight excluding hydrogens is 411 g/mol. The Balaban J connectivity index is 2.04. The monoisotopic (exact) mass is 425 g/mol. The molecule has 2 aromatic rings. The van der Waals surface area contributed by atoms with Gasteiger partial charge in [0.2, 0.25) is 0 Å². The van der Waals surface area contributed by atoms with Crippen LogP contribution in [0.2, 0.25) is 5.02 Å². The Labute approximate surface area is 168 Å². The lowest BCUT2D eigenvalue weighted by molar-refractivity contribution is -0.197. The molecule has 10 heteroatoms. The number of carbonyl (C=O) groups excluding carboxylic acids is 3. The smallest absolute Gasteiger partial charge is 0.314 e. The number of benzene rings is 2. The van der Waals surface area contributed by atoms with Gasteiger partial charge in [-0.05, 0) is 49.2 Å². The largest absolute Gasteiger partial charge is 0.440 e. The van der Waals surface area contributed by atoms with Crippen molar-refractivity contribution in [3.63, 3.8) is 0 Å². The number of imide groups is 1. The molecule has 1 atom stereocenters. The van der Waals surface area contributed by atoms with Crippen molar-refractivity contribution in [2.75, 3.05) is 4.90 Å². The van der Waals surface area contributed by atoms with Gasteiger partial charge < -0.3 is 5.32 Å². The molecule has 29 heavy (non-hydrogen) atoms. The van der Waals surface area contributed by atoms with Crippen LogP contribution in [0.15, 0.2) is 42.5 Å². The minimum absolute atomic E-state index is 0.0475. The fourth-order valence-corrected chi connectivity index (χ4v) is 3.08. The van der Waals surface area contributed by atoms with Crippen molar-refractivity contribution in [1.82, 2.24) is 10.6 Å². The maximum absolute atomic E-state index is 13.9. The lowest BCUT2D eigenvalue weighted by Crippen LogP contribution is -2.69. The fourth-order valence-electron chi connectivity index (χ4n) is 2.86. The third kappa shape index (κ3) is 3.42. The number of hydrogen-bond donors (Lipinski definition) is 2. The SMILES string of the molecule is Cc1ccc(N2C(=O)NC(NC(=O)c3ccccc3Cl)(C(F)(F)F)C2=O)cc1C. The van der Waals surface area contributed by atoms with Gasteiger partial charge >= 0.3 is 12.2 Å². The van der Waals surface area contributed by atoms with E-state index in [1.165, 1.54) is 36.4 Å². The van der Waals surface area contributed by atoms with Crippen LogP contribution in [0.5, 0.6) is 0 Å². The van der Waals surface area contributed by atoms with Crippen LogP contribution in [-0.2, 0) is 4.79 Å². The molecule has 1 saturated heterocycles. The molecule has 6 nitrogen and oxygen atoms in total. The molecule has 0 radical (unpaired) electrons. The summed E-state index contributed by atoms with van der Waals surface area (Å²) in [5, 5.41) is 3.11. The Morgan fingerprint density at radius 2 is 1.76 bits per heavy atom. The van der Waals surface area contributed by atoms with E-state index in [1.54, 1.807) is 30.5 Å². The van der Waals surface area contributed by atoms with Crippen LogP contribution in [0, 0.1) is 13.8 Å². The highest BCUT2D eigenvalue weighted by atomic mass is 35.5. The molecule has 1 aliphatic heterocycles. The van der Waals surface area contributed by atoms with Crippen LogP contribution in [0.3, 0.4) is 0 Å². The Kier molecular flexibility index (Phi) is 5.04. The van der Waals surface area contributed by atoms with Crippen molar-refractivity contribution in [2.45, 2.75) is 25.7 Å². The van der Waals surface area contributed by atoms with Crippen LogP contribution >= 0.6 is 11.6 Å². The zero-order chi connectivity index (χ0) is 21.6. The van der Waals surface area contributed by atoms with Crippen molar-refractivity contribution in [2.24, 2.45) is 0 Å². The van der Waals surface area contributed by atoms with E-state index in [9.17, 15) is 27.6 Å². The summed E-state index contributed by atoms with van der Waals surface area (Å²) in [4.78, 5) is 38.0. The van der Waals surface area contributed by atoms with Gasteiger partial charge in [0, 0.05) is 0 Å². The van der Waals surface area contributed by atoms with E-state index >= 15 is 0 Å².